The summed E-state index contributed by atoms with van der Waals surface area (Å²) in [5, 5.41) is 51.8. The maximum absolute atomic E-state index is 10.2. The summed E-state index contributed by atoms with van der Waals surface area (Å²) in [5.41, 5.74) is 6.89. The molecule has 0 spiro atoms. The Labute approximate surface area is 134 Å². The van der Waals surface area contributed by atoms with E-state index in [1.807, 2.05) is 6.07 Å². The summed E-state index contributed by atoms with van der Waals surface area (Å²) in [6.45, 7) is -0.238. The van der Waals surface area contributed by atoms with Crippen molar-refractivity contribution in [1.29, 1.82) is 0 Å². The minimum atomic E-state index is -1.39. The van der Waals surface area contributed by atoms with Crippen LogP contribution in [-0.2, 0) is 0 Å². The Hall–Kier alpha value is -1.32. The third kappa shape index (κ3) is 4.15. The van der Waals surface area contributed by atoms with Crippen molar-refractivity contribution in [2.24, 2.45) is 5.73 Å². The van der Waals surface area contributed by atoms with Gasteiger partial charge < -0.3 is 36.6 Å². The maximum atomic E-state index is 10.2. The number of hydrogen-bond acceptors (Lipinski definition) is 7. The van der Waals surface area contributed by atoms with Gasteiger partial charge in [-0.1, -0.05) is 36.4 Å². The first-order chi connectivity index (χ1) is 11.0. The molecule has 23 heavy (non-hydrogen) atoms. The quantitative estimate of drug-likeness (QED) is 0.301. The average Bonchev–Trinajstić information content (AvgIpc) is 2.59. The third-order valence-electron chi connectivity index (χ3n) is 4.13. The Morgan fingerprint density at radius 1 is 1.09 bits per heavy atom. The zero-order chi connectivity index (χ0) is 17.0. The molecule has 6 atom stereocenters. The molecule has 0 amide bonds. The molecule has 1 aromatic carbocycles. The van der Waals surface area contributed by atoms with Gasteiger partial charge in [0.05, 0.1) is 18.8 Å². The first kappa shape index (κ1) is 18.0. The molecule has 0 aromatic heterocycles. The van der Waals surface area contributed by atoms with Crippen LogP contribution in [-0.4, -0.2) is 69.1 Å². The van der Waals surface area contributed by atoms with Crippen LogP contribution in [0.1, 0.15) is 11.7 Å². The average molecular weight is 324 g/mol. The van der Waals surface area contributed by atoms with Gasteiger partial charge in [-0.05, 0) is 11.1 Å². The minimum Gasteiger partial charge on any atom is -0.392 e. The van der Waals surface area contributed by atoms with Gasteiger partial charge >= 0.3 is 0 Å². The molecular formula is C16H24N2O5. The van der Waals surface area contributed by atoms with Gasteiger partial charge in [0.2, 0.25) is 0 Å². The first-order valence-electron chi connectivity index (χ1n) is 7.53. The molecule has 0 radical (unpaired) electrons. The second-order valence-electron chi connectivity index (χ2n) is 5.78. The van der Waals surface area contributed by atoms with Crippen LogP contribution in [0.25, 0.3) is 0 Å². The van der Waals surface area contributed by atoms with Crippen LogP contribution in [0.3, 0.4) is 0 Å². The van der Waals surface area contributed by atoms with Gasteiger partial charge in [0, 0.05) is 12.6 Å². The van der Waals surface area contributed by atoms with Crippen LogP contribution in [0.15, 0.2) is 42.0 Å². The van der Waals surface area contributed by atoms with E-state index in [1.165, 1.54) is 6.08 Å². The molecule has 3 unspecified atom stereocenters. The van der Waals surface area contributed by atoms with E-state index in [0.717, 1.165) is 0 Å². The molecule has 0 heterocycles. The molecule has 1 aliphatic carbocycles. The fourth-order valence-electron chi connectivity index (χ4n) is 2.65. The van der Waals surface area contributed by atoms with E-state index in [9.17, 15) is 25.5 Å². The van der Waals surface area contributed by atoms with E-state index in [-0.39, 0.29) is 12.1 Å². The second-order valence-corrected chi connectivity index (χ2v) is 5.78. The van der Waals surface area contributed by atoms with Crippen molar-refractivity contribution >= 4 is 0 Å². The van der Waals surface area contributed by atoms with Gasteiger partial charge in [0.15, 0.2) is 0 Å². The number of nitrogens with two attached hydrogens (primary N) is 1. The number of aliphatic hydroxyl groups is 5. The summed E-state index contributed by atoms with van der Waals surface area (Å²) in [6, 6.07) is 7.68. The van der Waals surface area contributed by atoms with Gasteiger partial charge in [-0.2, -0.15) is 0 Å². The normalized spacial score (nSPS) is 30.6. The molecule has 1 aromatic rings. The highest BCUT2D eigenvalue weighted by molar-refractivity contribution is 5.22. The Balaban J connectivity index is 1.98. The molecular weight excluding hydrogens is 300 g/mol. The van der Waals surface area contributed by atoms with Gasteiger partial charge in [0.25, 0.3) is 0 Å². The fraction of sp³-hybridized carbons (Fsp3) is 0.500. The Bertz CT molecular complexity index is 524. The van der Waals surface area contributed by atoms with Crippen molar-refractivity contribution < 1.29 is 25.5 Å². The Morgan fingerprint density at radius 2 is 1.74 bits per heavy atom. The van der Waals surface area contributed by atoms with E-state index in [0.29, 0.717) is 5.56 Å². The van der Waals surface area contributed by atoms with Crippen LogP contribution in [0, 0.1) is 0 Å². The number of hydrogen-bond donors (Lipinski definition) is 7. The second kappa shape index (κ2) is 7.98. The van der Waals surface area contributed by atoms with Gasteiger partial charge in [-0.3, -0.25) is 0 Å². The van der Waals surface area contributed by atoms with Crippen molar-refractivity contribution in [3.8, 4) is 0 Å². The van der Waals surface area contributed by atoms with Gasteiger partial charge in [-0.25, -0.2) is 0 Å². The van der Waals surface area contributed by atoms with Gasteiger partial charge in [0.1, 0.15) is 18.3 Å². The summed E-state index contributed by atoms with van der Waals surface area (Å²) in [7, 11) is 0. The SMILES string of the molecule is NC(CN[C@@H]1C=C(CO)C(O)[C@H](O)C1O)[C@@H](O)c1ccccc1. The van der Waals surface area contributed by atoms with Crippen molar-refractivity contribution in [3.05, 3.63) is 47.5 Å². The van der Waals surface area contributed by atoms with E-state index in [1.54, 1.807) is 24.3 Å². The zero-order valence-corrected chi connectivity index (χ0v) is 12.7. The predicted octanol–water partition coefficient (Wildman–Crippen LogP) is -1.98. The molecule has 0 saturated heterocycles. The third-order valence-corrected chi connectivity index (χ3v) is 4.13. The standard InChI is InChI=1S/C16H24N2O5/c17-11(13(20)9-4-2-1-3-5-9)7-18-12-6-10(8-19)14(21)16(23)15(12)22/h1-6,11-16,18-23H,7-8,17H2/t11?,12-,13+,14?,15?,16+/m1/s1. The summed E-state index contributed by atoms with van der Waals surface area (Å²) in [6.07, 6.45) is -3.32. The van der Waals surface area contributed by atoms with Crippen molar-refractivity contribution in [2.45, 2.75) is 36.5 Å². The van der Waals surface area contributed by atoms with Crippen molar-refractivity contribution in [2.75, 3.05) is 13.2 Å². The molecule has 0 fully saturated rings. The highest BCUT2D eigenvalue weighted by atomic mass is 16.4. The van der Waals surface area contributed by atoms with Crippen LogP contribution in [0.5, 0.6) is 0 Å². The zero-order valence-electron chi connectivity index (χ0n) is 12.7. The molecule has 0 saturated carbocycles. The molecule has 7 nitrogen and oxygen atoms in total. The summed E-state index contributed by atoms with van der Waals surface area (Å²) in [4.78, 5) is 0. The van der Waals surface area contributed by atoms with Crippen molar-refractivity contribution in [1.82, 2.24) is 5.32 Å². The maximum Gasteiger partial charge on any atom is 0.111 e. The van der Waals surface area contributed by atoms with Crippen molar-refractivity contribution in [3.63, 3.8) is 0 Å². The van der Waals surface area contributed by atoms with E-state index < -0.39 is 43.1 Å². The molecule has 2 rings (SSSR count). The molecule has 0 aliphatic heterocycles. The topological polar surface area (TPSA) is 139 Å². The highest BCUT2D eigenvalue weighted by Gasteiger charge is 2.37. The van der Waals surface area contributed by atoms with Crippen LogP contribution in [0.2, 0.25) is 0 Å². The van der Waals surface area contributed by atoms with E-state index in [4.69, 9.17) is 5.73 Å². The lowest BCUT2D eigenvalue weighted by Crippen LogP contribution is -2.56. The fourth-order valence-corrected chi connectivity index (χ4v) is 2.65. The highest BCUT2D eigenvalue weighted by Crippen LogP contribution is 2.20. The summed E-state index contributed by atoms with van der Waals surface area (Å²) < 4.78 is 0. The molecule has 128 valence electrons. The summed E-state index contributed by atoms with van der Waals surface area (Å²) >= 11 is 0. The van der Waals surface area contributed by atoms with Crippen LogP contribution < -0.4 is 11.1 Å². The summed E-state index contributed by atoms with van der Waals surface area (Å²) in [5.74, 6) is 0. The molecule has 0 bridgehead atoms. The smallest absolute Gasteiger partial charge is 0.111 e. The monoisotopic (exact) mass is 324 g/mol. The van der Waals surface area contributed by atoms with Gasteiger partial charge in [-0.15, -0.1) is 0 Å². The van der Waals surface area contributed by atoms with Crippen LogP contribution in [0.4, 0.5) is 0 Å². The van der Waals surface area contributed by atoms with E-state index in [2.05, 4.69) is 5.32 Å². The minimum absolute atomic E-state index is 0.176. The Morgan fingerprint density at radius 3 is 2.35 bits per heavy atom. The number of rotatable bonds is 6. The molecule has 1 aliphatic rings. The lowest BCUT2D eigenvalue weighted by molar-refractivity contribution is -0.0645. The predicted molar refractivity (Wildman–Crippen MR) is 84.4 cm³/mol. The molecule has 7 heteroatoms. The lowest BCUT2D eigenvalue weighted by Gasteiger charge is -2.35. The molecule has 8 N–H and O–H groups in total. The number of nitrogens with one attached hydrogen (secondary N) is 1. The van der Waals surface area contributed by atoms with Crippen LogP contribution >= 0.6 is 0 Å². The number of aliphatic hydroxyl groups excluding tert-OH is 5. The Kier molecular flexibility index (Phi) is 6.25. The largest absolute Gasteiger partial charge is 0.392 e. The number of benzene rings is 1. The lowest BCUT2D eigenvalue weighted by atomic mass is 9.88. The van der Waals surface area contributed by atoms with E-state index >= 15 is 0 Å². The first-order valence-corrected chi connectivity index (χ1v) is 7.53.